The van der Waals surface area contributed by atoms with E-state index in [1.807, 2.05) is 30.6 Å². The van der Waals surface area contributed by atoms with Gasteiger partial charge in [-0.25, -0.2) is 4.98 Å². The van der Waals surface area contributed by atoms with E-state index in [4.69, 9.17) is 23.2 Å². The largest absolute Gasteiger partial charge is 0.335 e. The van der Waals surface area contributed by atoms with Crippen LogP contribution in [0.5, 0.6) is 0 Å². The molecule has 5 heteroatoms. The van der Waals surface area contributed by atoms with Crippen LogP contribution in [0.25, 0.3) is 0 Å². The van der Waals surface area contributed by atoms with Gasteiger partial charge in [0.2, 0.25) is 0 Å². The first-order chi connectivity index (χ1) is 10.2. The van der Waals surface area contributed by atoms with Crippen molar-refractivity contribution >= 4 is 23.2 Å². The van der Waals surface area contributed by atoms with Crippen LogP contribution in [0.4, 0.5) is 0 Å². The zero-order valence-corrected chi connectivity index (χ0v) is 14.0. The van der Waals surface area contributed by atoms with Gasteiger partial charge in [-0.3, -0.25) is 0 Å². The van der Waals surface area contributed by atoms with E-state index in [1.54, 1.807) is 0 Å². The number of aryl methyl sites for hydroxylation is 1. The van der Waals surface area contributed by atoms with Gasteiger partial charge in [0.15, 0.2) is 0 Å². The van der Waals surface area contributed by atoms with Crippen LogP contribution in [-0.4, -0.2) is 16.1 Å². The van der Waals surface area contributed by atoms with Gasteiger partial charge in [-0.05, 0) is 25.1 Å². The Balaban J connectivity index is 2.29. The van der Waals surface area contributed by atoms with Crippen LogP contribution in [0, 0.1) is 0 Å². The van der Waals surface area contributed by atoms with Crippen molar-refractivity contribution in [3.63, 3.8) is 0 Å². The van der Waals surface area contributed by atoms with Crippen molar-refractivity contribution < 1.29 is 0 Å². The molecule has 1 aromatic carbocycles. The molecule has 0 aliphatic rings. The molecular weight excluding hydrogens is 305 g/mol. The Morgan fingerprint density at radius 3 is 2.57 bits per heavy atom. The predicted molar refractivity (Wildman–Crippen MR) is 89.1 cm³/mol. The van der Waals surface area contributed by atoms with E-state index < -0.39 is 0 Å². The summed E-state index contributed by atoms with van der Waals surface area (Å²) in [4.78, 5) is 4.48. The van der Waals surface area contributed by atoms with E-state index in [0.29, 0.717) is 10.0 Å². The molecule has 1 N–H and O–H groups in total. The summed E-state index contributed by atoms with van der Waals surface area (Å²) in [6.45, 7) is 6.07. The monoisotopic (exact) mass is 325 g/mol. The highest BCUT2D eigenvalue weighted by molar-refractivity contribution is 6.36. The highest BCUT2D eigenvalue weighted by atomic mass is 35.5. The van der Waals surface area contributed by atoms with Gasteiger partial charge in [0.1, 0.15) is 5.82 Å². The van der Waals surface area contributed by atoms with Crippen LogP contribution >= 0.6 is 23.2 Å². The van der Waals surface area contributed by atoms with Gasteiger partial charge in [0.25, 0.3) is 0 Å². The van der Waals surface area contributed by atoms with E-state index in [1.165, 1.54) is 0 Å². The van der Waals surface area contributed by atoms with Crippen molar-refractivity contribution in [3.05, 3.63) is 52.0 Å². The first kappa shape index (κ1) is 16.3. The maximum absolute atomic E-state index is 6.35. The molecule has 0 aliphatic carbocycles. The van der Waals surface area contributed by atoms with E-state index in [0.717, 1.165) is 37.3 Å². The summed E-state index contributed by atoms with van der Waals surface area (Å²) >= 11 is 12.7. The van der Waals surface area contributed by atoms with E-state index in [2.05, 4.69) is 28.7 Å². The molecule has 3 nitrogen and oxygen atoms in total. The number of likely N-dealkylation sites (N-methyl/N-ethyl adjacent to an activating group) is 1. The van der Waals surface area contributed by atoms with Crippen molar-refractivity contribution in [1.29, 1.82) is 0 Å². The summed E-state index contributed by atoms with van der Waals surface area (Å²) in [5.74, 6) is 1.05. The lowest BCUT2D eigenvalue weighted by atomic mass is 10.0. The lowest BCUT2D eigenvalue weighted by molar-refractivity contribution is 0.516. The summed E-state index contributed by atoms with van der Waals surface area (Å²) in [7, 11) is 0. The van der Waals surface area contributed by atoms with Gasteiger partial charge in [-0.1, -0.05) is 43.1 Å². The second-order valence-electron chi connectivity index (χ2n) is 4.99. The second kappa shape index (κ2) is 7.83. The Hall–Kier alpha value is -1.03. The Morgan fingerprint density at radius 2 is 1.95 bits per heavy atom. The van der Waals surface area contributed by atoms with Crippen LogP contribution in [0.2, 0.25) is 10.0 Å². The number of nitrogens with zero attached hydrogens (tertiary/aromatic N) is 2. The van der Waals surface area contributed by atoms with Crippen molar-refractivity contribution in [2.24, 2.45) is 0 Å². The molecule has 0 bridgehead atoms. The minimum Gasteiger partial charge on any atom is -0.335 e. The van der Waals surface area contributed by atoms with Crippen molar-refractivity contribution in [3.8, 4) is 0 Å². The number of benzene rings is 1. The zero-order chi connectivity index (χ0) is 15.2. The maximum atomic E-state index is 6.35. The minimum absolute atomic E-state index is 0.0641. The first-order valence-corrected chi connectivity index (χ1v) is 8.10. The number of nitrogens with one attached hydrogen (secondary N) is 1. The van der Waals surface area contributed by atoms with Crippen molar-refractivity contribution in [1.82, 2.24) is 14.9 Å². The maximum Gasteiger partial charge on any atom is 0.110 e. The van der Waals surface area contributed by atoms with Crippen LogP contribution < -0.4 is 5.32 Å². The van der Waals surface area contributed by atoms with Gasteiger partial charge in [-0.2, -0.15) is 0 Å². The standard InChI is InChI=1S/C16H21Cl2N3/c1-3-9-21-10-8-20-15(21)11-14(19-4-2)16-12(17)6-5-7-13(16)18/h5-8,10,14,19H,3-4,9,11H2,1-2H3. The fourth-order valence-electron chi connectivity index (χ4n) is 2.52. The third-order valence-corrected chi connectivity index (χ3v) is 4.11. The van der Waals surface area contributed by atoms with Crippen LogP contribution in [-0.2, 0) is 13.0 Å². The molecule has 1 heterocycles. The molecule has 2 aromatic rings. The van der Waals surface area contributed by atoms with Gasteiger partial charge < -0.3 is 9.88 Å². The van der Waals surface area contributed by atoms with E-state index in [9.17, 15) is 0 Å². The molecule has 114 valence electrons. The molecule has 0 fully saturated rings. The lowest BCUT2D eigenvalue weighted by Gasteiger charge is -2.21. The topological polar surface area (TPSA) is 29.9 Å². The smallest absolute Gasteiger partial charge is 0.110 e. The molecule has 0 radical (unpaired) electrons. The third kappa shape index (κ3) is 4.00. The average molecular weight is 326 g/mol. The predicted octanol–water partition coefficient (Wildman–Crippen LogP) is 4.49. The third-order valence-electron chi connectivity index (χ3n) is 3.45. The van der Waals surface area contributed by atoms with Crippen LogP contribution in [0.3, 0.4) is 0 Å². The Morgan fingerprint density at radius 1 is 1.24 bits per heavy atom. The van der Waals surface area contributed by atoms with E-state index >= 15 is 0 Å². The summed E-state index contributed by atoms with van der Waals surface area (Å²) < 4.78 is 2.19. The summed E-state index contributed by atoms with van der Waals surface area (Å²) in [5, 5.41) is 4.86. The Labute approximate surface area is 136 Å². The van der Waals surface area contributed by atoms with Crippen molar-refractivity contribution in [2.75, 3.05) is 6.54 Å². The fourth-order valence-corrected chi connectivity index (χ4v) is 3.18. The summed E-state index contributed by atoms with van der Waals surface area (Å²) in [5.41, 5.74) is 0.953. The molecule has 1 atom stereocenters. The molecule has 0 spiro atoms. The summed E-state index contributed by atoms with van der Waals surface area (Å²) in [6, 6.07) is 5.70. The number of aromatic nitrogens is 2. The number of rotatable bonds is 7. The molecule has 0 amide bonds. The lowest BCUT2D eigenvalue weighted by Crippen LogP contribution is -2.25. The number of hydrogen-bond donors (Lipinski definition) is 1. The fraction of sp³-hybridized carbons (Fsp3) is 0.438. The van der Waals surface area contributed by atoms with E-state index in [-0.39, 0.29) is 6.04 Å². The minimum atomic E-state index is 0.0641. The normalized spacial score (nSPS) is 12.6. The van der Waals surface area contributed by atoms with Gasteiger partial charge in [0.05, 0.1) is 0 Å². The zero-order valence-electron chi connectivity index (χ0n) is 12.4. The van der Waals surface area contributed by atoms with Gasteiger partial charge in [0, 0.05) is 47.0 Å². The molecule has 1 aromatic heterocycles. The van der Waals surface area contributed by atoms with Crippen LogP contribution in [0.1, 0.15) is 37.7 Å². The SMILES string of the molecule is CCCn1ccnc1CC(NCC)c1c(Cl)cccc1Cl. The van der Waals surface area contributed by atoms with Gasteiger partial charge in [-0.15, -0.1) is 0 Å². The molecule has 1 unspecified atom stereocenters. The highest BCUT2D eigenvalue weighted by Crippen LogP contribution is 2.32. The Bertz CT molecular complexity index is 560. The molecular formula is C16H21Cl2N3. The quantitative estimate of drug-likeness (QED) is 0.812. The molecule has 21 heavy (non-hydrogen) atoms. The average Bonchev–Trinajstić information content (AvgIpc) is 2.86. The Kier molecular flexibility index (Phi) is 6.09. The summed E-state index contributed by atoms with van der Waals surface area (Å²) in [6.07, 6.45) is 5.73. The number of hydrogen-bond acceptors (Lipinski definition) is 2. The first-order valence-electron chi connectivity index (χ1n) is 7.34. The second-order valence-corrected chi connectivity index (χ2v) is 5.80. The molecule has 0 saturated heterocycles. The number of imidazole rings is 1. The number of halogens is 2. The molecule has 2 rings (SSSR count). The molecule has 0 saturated carbocycles. The van der Waals surface area contributed by atoms with Crippen LogP contribution in [0.15, 0.2) is 30.6 Å². The van der Waals surface area contributed by atoms with Gasteiger partial charge >= 0.3 is 0 Å². The molecule has 0 aliphatic heterocycles. The highest BCUT2D eigenvalue weighted by Gasteiger charge is 2.19. The van der Waals surface area contributed by atoms with Crippen molar-refractivity contribution in [2.45, 2.75) is 39.3 Å².